The van der Waals surface area contributed by atoms with E-state index in [1.54, 1.807) is 36.4 Å². The highest BCUT2D eigenvalue weighted by molar-refractivity contribution is 6.05. The number of carbonyl (C=O) groups is 2. The number of aromatic nitrogens is 2. The number of nitrogens with zero attached hydrogens (tertiary/aromatic N) is 1. The van der Waals surface area contributed by atoms with Crippen molar-refractivity contribution in [3.8, 4) is 11.4 Å². The van der Waals surface area contributed by atoms with Crippen LogP contribution in [0.3, 0.4) is 0 Å². The predicted molar refractivity (Wildman–Crippen MR) is 139 cm³/mol. The van der Waals surface area contributed by atoms with Crippen molar-refractivity contribution in [2.45, 2.75) is 6.92 Å². The number of nitrogen functional groups attached to an aromatic ring is 1. The van der Waals surface area contributed by atoms with E-state index in [1.165, 1.54) is 0 Å². The monoisotopic (exact) mass is 461 g/mol. The summed E-state index contributed by atoms with van der Waals surface area (Å²) < 4.78 is 0. The highest BCUT2D eigenvalue weighted by Crippen LogP contribution is 2.24. The van der Waals surface area contributed by atoms with E-state index in [0.29, 0.717) is 34.0 Å². The number of aryl methyl sites for hydroxylation is 1. The fraction of sp³-hybridized carbons (Fsp3) is 0.0357. The zero-order chi connectivity index (χ0) is 24.4. The second-order valence-electron chi connectivity index (χ2n) is 8.29. The lowest BCUT2D eigenvalue weighted by molar-refractivity contribution is 0.101. The predicted octanol–water partition coefficient (Wildman–Crippen LogP) is 5.63. The molecule has 4 aromatic carbocycles. The molecule has 7 heteroatoms. The van der Waals surface area contributed by atoms with Crippen LogP contribution in [0.4, 0.5) is 17.1 Å². The lowest BCUT2D eigenvalue weighted by atomic mass is 10.1. The molecule has 0 bridgehead atoms. The number of hydrogen-bond donors (Lipinski definition) is 4. The van der Waals surface area contributed by atoms with Gasteiger partial charge in [-0.05, 0) is 85.8 Å². The molecule has 0 unspecified atom stereocenters. The van der Waals surface area contributed by atoms with Crippen LogP contribution >= 0.6 is 0 Å². The Bertz CT molecular complexity index is 1520. The number of fused-ring (bicyclic) bond motifs is 1. The van der Waals surface area contributed by atoms with Crippen LogP contribution in [0, 0.1) is 6.92 Å². The maximum atomic E-state index is 12.5. The van der Waals surface area contributed by atoms with Gasteiger partial charge in [-0.2, -0.15) is 0 Å². The number of anilines is 3. The molecule has 0 fully saturated rings. The van der Waals surface area contributed by atoms with Crippen molar-refractivity contribution in [2.75, 3.05) is 16.4 Å². The molecule has 5 N–H and O–H groups in total. The number of H-pyrrole nitrogens is 1. The van der Waals surface area contributed by atoms with Gasteiger partial charge in [-0.25, -0.2) is 4.98 Å². The Morgan fingerprint density at radius 2 is 1.31 bits per heavy atom. The zero-order valence-electron chi connectivity index (χ0n) is 19.0. The lowest BCUT2D eigenvalue weighted by Gasteiger charge is -2.06. The minimum absolute atomic E-state index is 0.157. The van der Waals surface area contributed by atoms with Crippen molar-refractivity contribution in [3.63, 3.8) is 0 Å². The Hall–Kier alpha value is -4.91. The minimum Gasteiger partial charge on any atom is -0.399 e. The van der Waals surface area contributed by atoms with Gasteiger partial charge >= 0.3 is 0 Å². The molecular formula is C28H23N5O2. The summed E-state index contributed by atoms with van der Waals surface area (Å²) in [4.78, 5) is 32.9. The van der Waals surface area contributed by atoms with E-state index in [4.69, 9.17) is 5.73 Å². The third kappa shape index (κ3) is 4.89. The number of amides is 2. The molecule has 0 atom stereocenters. The van der Waals surface area contributed by atoms with Crippen LogP contribution in [0.5, 0.6) is 0 Å². The standard InChI is InChI=1S/C28H23N5O2/c1-17-2-4-19(5-3-17)27(34)30-22-12-8-18(9-13-22)26-32-24-15-14-23(16-25(24)33-26)31-28(35)20-6-10-21(29)11-7-20/h2-16H,29H2,1H3,(H,30,34)(H,31,35)(H,32,33). The van der Waals surface area contributed by atoms with Crippen LogP contribution in [0.15, 0.2) is 91.0 Å². The summed E-state index contributed by atoms with van der Waals surface area (Å²) in [5.41, 5.74) is 12.3. The van der Waals surface area contributed by atoms with Gasteiger partial charge in [0, 0.05) is 33.8 Å². The first kappa shape index (κ1) is 21.9. The molecule has 5 rings (SSSR count). The minimum atomic E-state index is -0.215. The van der Waals surface area contributed by atoms with Crippen molar-refractivity contribution in [3.05, 3.63) is 108 Å². The summed E-state index contributed by atoms with van der Waals surface area (Å²) in [6.07, 6.45) is 0. The fourth-order valence-corrected chi connectivity index (χ4v) is 3.68. The summed E-state index contributed by atoms with van der Waals surface area (Å²) in [5, 5.41) is 5.80. The smallest absolute Gasteiger partial charge is 0.255 e. The molecule has 0 saturated carbocycles. The molecule has 0 radical (unpaired) electrons. The SMILES string of the molecule is Cc1ccc(C(=O)Nc2ccc(-c3nc4ccc(NC(=O)c5ccc(N)cc5)cc4[nH]3)cc2)cc1. The largest absolute Gasteiger partial charge is 0.399 e. The average Bonchev–Trinajstić information content (AvgIpc) is 3.29. The summed E-state index contributed by atoms with van der Waals surface area (Å²) >= 11 is 0. The van der Waals surface area contributed by atoms with Crippen molar-refractivity contribution in [1.29, 1.82) is 0 Å². The number of aromatic amines is 1. The molecule has 1 heterocycles. The van der Waals surface area contributed by atoms with Gasteiger partial charge < -0.3 is 21.4 Å². The maximum Gasteiger partial charge on any atom is 0.255 e. The Morgan fingerprint density at radius 3 is 1.97 bits per heavy atom. The molecule has 1 aromatic heterocycles. The van der Waals surface area contributed by atoms with Gasteiger partial charge in [0.05, 0.1) is 11.0 Å². The van der Waals surface area contributed by atoms with Gasteiger partial charge in [-0.1, -0.05) is 17.7 Å². The second-order valence-corrected chi connectivity index (χ2v) is 8.29. The fourth-order valence-electron chi connectivity index (χ4n) is 3.68. The molecule has 0 aliphatic heterocycles. The summed E-state index contributed by atoms with van der Waals surface area (Å²) in [6, 6.07) is 27.2. The number of nitrogens with two attached hydrogens (primary N) is 1. The lowest BCUT2D eigenvalue weighted by Crippen LogP contribution is -2.11. The third-order valence-electron chi connectivity index (χ3n) is 5.64. The summed E-state index contributed by atoms with van der Waals surface area (Å²) in [5.74, 6) is 0.320. The zero-order valence-corrected chi connectivity index (χ0v) is 19.0. The molecule has 0 saturated heterocycles. The van der Waals surface area contributed by atoms with Crippen molar-refractivity contribution in [1.82, 2.24) is 9.97 Å². The Morgan fingerprint density at radius 1 is 0.743 bits per heavy atom. The summed E-state index contributed by atoms with van der Waals surface area (Å²) in [7, 11) is 0. The maximum absolute atomic E-state index is 12.5. The van der Waals surface area contributed by atoms with Gasteiger partial charge in [0.25, 0.3) is 11.8 Å². The van der Waals surface area contributed by atoms with Gasteiger partial charge in [0.1, 0.15) is 5.82 Å². The number of nitrogens with one attached hydrogen (secondary N) is 3. The first-order chi connectivity index (χ1) is 16.9. The van der Waals surface area contributed by atoms with Gasteiger partial charge in [-0.15, -0.1) is 0 Å². The van der Waals surface area contributed by atoms with E-state index >= 15 is 0 Å². The van der Waals surface area contributed by atoms with Crippen LogP contribution in [0.1, 0.15) is 26.3 Å². The third-order valence-corrected chi connectivity index (χ3v) is 5.64. The molecule has 0 aliphatic rings. The van der Waals surface area contributed by atoms with E-state index in [2.05, 4.69) is 20.6 Å². The average molecular weight is 462 g/mol. The molecule has 35 heavy (non-hydrogen) atoms. The molecule has 5 aromatic rings. The topological polar surface area (TPSA) is 113 Å². The number of carbonyl (C=O) groups excluding carboxylic acids is 2. The van der Waals surface area contributed by atoms with Crippen molar-refractivity contribution < 1.29 is 9.59 Å². The Kier molecular flexibility index (Phi) is 5.73. The van der Waals surface area contributed by atoms with E-state index in [1.807, 2.05) is 61.5 Å². The first-order valence-corrected chi connectivity index (χ1v) is 11.1. The van der Waals surface area contributed by atoms with Crippen LogP contribution < -0.4 is 16.4 Å². The van der Waals surface area contributed by atoms with Crippen LogP contribution in [-0.4, -0.2) is 21.8 Å². The molecule has 172 valence electrons. The second kappa shape index (κ2) is 9.15. The van der Waals surface area contributed by atoms with Crippen LogP contribution in [0.2, 0.25) is 0 Å². The van der Waals surface area contributed by atoms with E-state index in [0.717, 1.165) is 22.2 Å². The number of benzene rings is 4. The molecular weight excluding hydrogens is 438 g/mol. The normalized spacial score (nSPS) is 10.8. The molecule has 2 amide bonds. The molecule has 0 aliphatic carbocycles. The highest BCUT2D eigenvalue weighted by atomic mass is 16.2. The van der Waals surface area contributed by atoms with Crippen LogP contribution in [0.25, 0.3) is 22.4 Å². The van der Waals surface area contributed by atoms with Crippen molar-refractivity contribution in [2.24, 2.45) is 0 Å². The number of hydrogen-bond acceptors (Lipinski definition) is 4. The van der Waals surface area contributed by atoms with E-state index in [9.17, 15) is 9.59 Å². The highest BCUT2D eigenvalue weighted by Gasteiger charge is 2.10. The quantitative estimate of drug-likeness (QED) is 0.254. The van der Waals surface area contributed by atoms with Crippen molar-refractivity contribution >= 4 is 39.9 Å². The molecule has 0 spiro atoms. The first-order valence-electron chi connectivity index (χ1n) is 11.1. The van der Waals surface area contributed by atoms with Gasteiger partial charge in [-0.3, -0.25) is 9.59 Å². The summed E-state index contributed by atoms with van der Waals surface area (Å²) in [6.45, 7) is 1.98. The van der Waals surface area contributed by atoms with E-state index in [-0.39, 0.29) is 11.8 Å². The number of rotatable bonds is 5. The van der Waals surface area contributed by atoms with E-state index < -0.39 is 0 Å². The Balaban J connectivity index is 1.30. The number of imidazole rings is 1. The Labute approximate surface area is 202 Å². The van der Waals surface area contributed by atoms with Gasteiger partial charge in [0.2, 0.25) is 0 Å². The molecule has 7 nitrogen and oxygen atoms in total. The van der Waals surface area contributed by atoms with Gasteiger partial charge in [0.15, 0.2) is 0 Å². The van der Waals surface area contributed by atoms with Crippen LogP contribution in [-0.2, 0) is 0 Å².